The summed E-state index contributed by atoms with van der Waals surface area (Å²) in [5.74, 6) is -2.07. The molecule has 3 rings (SSSR count). The first kappa shape index (κ1) is 24.5. The van der Waals surface area contributed by atoms with Crippen LogP contribution in [0, 0.1) is 26.6 Å². The van der Waals surface area contributed by atoms with Gasteiger partial charge in [-0.15, -0.1) is 0 Å². The minimum absolute atomic E-state index is 0.288. The summed E-state index contributed by atoms with van der Waals surface area (Å²) < 4.78 is 16.0. The summed E-state index contributed by atoms with van der Waals surface area (Å²) in [6, 6.07) is 9.11. The number of carboxylic acids is 1. The number of aromatic nitrogens is 1. The highest BCUT2D eigenvalue weighted by Crippen LogP contribution is 2.32. The molecule has 1 heterocycles. The monoisotopic (exact) mass is 467 g/mol. The van der Waals surface area contributed by atoms with Gasteiger partial charge in [-0.05, 0) is 55.2 Å². The SMILES string of the molecule is Cc1cccc(C)c1-c1cc([C@H](CC(=O)O)NC(=O)Nc2c(O)cc(C)n(C)c2=O)ccc1F. The van der Waals surface area contributed by atoms with Crippen molar-refractivity contribution in [2.45, 2.75) is 33.2 Å². The zero-order valence-corrected chi connectivity index (χ0v) is 19.3. The van der Waals surface area contributed by atoms with Crippen molar-refractivity contribution in [1.82, 2.24) is 9.88 Å². The first-order valence-corrected chi connectivity index (χ1v) is 10.5. The van der Waals surface area contributed by atoms with E-state index in [4.69, 9.17) is 0 Å². The van der Waals surface area contributed by atoms with Crippen LogP contribution in [0.1, 0.15) is 34.8 Å². The lowest BCUT2D eigenvalue weighted by Crippen LogP contribution is -2.36. The molecule has 1 atom stereocenters. The van der Waals surface area contributed by atoms with E-state index in [9.17, 15) is 29.0 Å². The molecule has 0 aliphatic heterocycles. The molecule has 0 radical (unpaired) electrons. The van der Waals surface area contributed by atoms with Crippen molar-refractivity contribution >= 4 is 17.7 Å². The van der Waals surface area contributed by atoms with Crippen LogP contribution in [0.3, 0.4) is 0 Å². The van der Waals surface area contributed by atoms with Crippen molar-refractivity contribution in [1.29, 1.82) is 0 Å². The molecule has 8 nitrogen and oxygen atoms in total. The number of nitrogens with one attached hydrogen (secondary N) is 2. The molecule has 178 valence electrons. The molecule has 0 aliphatic carbocycles. The van der Waals surface area contributed by atoms with Gasteiger partial charge in [0.1, 0.15) is 11.6 Å². The molecule has 9 heteroatoms. The van der Waals surface area contributed by atoms with Gasteiger partial charge >= 0.3 is 12.0 Å². The second kappa shape index (κ2) is 9.78. The second-order valence-electron chi connectivity index (χ2n) is 8.17. The van der Waals surface area contributed by atoms with E-state index in [1.807, 2.05) is 32.0 Å². The number of benzene rings is 2. The average molecular weight is 467 g/mol. The van der Waals surface area contributed by atoms with E-state index in [0.717, 1.165) is 11.1 Å². The summed E-state index contributed by atoms with van der Waals surface area (Å²) in [6.07, 6.45) is -0.483. The van der Waals surface area contributed by atoms with Crippen LogP contribution in [0.25, 0.3) is 11.1 Å². The Morgan fingerprint density at radius 2 is 1.74 bits per heavy atom. The van der Waals surface area contributed by atoms with Gasteiger partial charge in [-0.25, -0.2) is 9.18 Å². The smallest absolute Gasteiger partial charge is 0.319 e. The molecule has 2 aromatic carbocycles. The minimum atomic E-state index is -1.18. The Labute approximate surface area is 195 Å². The number of carbonyl (C=O) groups excluding carboxylic acids is 1. The summed E-state index contributed by atoms with van der Waals surface area (Å²) in [4.78, 5) is 36.6. The van der Waals surface area contributed by atoms with Gasteiger partial charge < -0.3 is 25.4 Å². The Kier molecular flexibility index (Phi) is 7.05. The zero-order chi connectivity index (χ0) is 25.2. The summed E-state index contributed by atoms with van der Waals surface area (Å²) in [7, 11) is 1.49. The maximum atomic E-state index is 14.8. The minimum Gasteiger partial charge on any atom is -0.505 e. The van der Waals surface area contributed by atoms with E-state index in [0.29, 0.717) is 16.8 Å². The quantitative estimate of drug-likeness (QED) is 0.434. The highest BCUT2D eigenvalue weighted by Gasteiger charge is 2.22. The van der Waals surface area contributed by atoms with Gasteiger partial charge in [0, 0.05) is 24.4 Å². The summed E-state index contributed by atoms with van der Waals surface area (Å²) >= 11 is 0. The molecular formula is C25H26FN3O5. The van der Waals surface area contributed by atoms with Gasteiger partial charge in [0.05, 0.1) is 12.5 Å². The Hall–Kier alpha value is -4.14. The molecule has 0 aliphatic rings. The number of aryl methyl sites for hydroxylation is 3. The van der Waals surface area contributed by atoms with Crippen LogP contribution in [0.4, 0.5) is 14.9 Å². The van der Waals surface area contributed by atoms with Crippen molar-refractivity contribution in [2.24, 2.45) is 7.05 Å². The number of amides is 2. The van der Waals surface area contributed by atoms with Crippen molar-refractivity contribution < 1.29 is 24.2 Å². The number of anilines is 1. The molecule has 0 spiro atoms. The number of carboxylic acid groups (broad SMARTS) is 1. The second-order valence-corrected chi connectivity index (χ2v) is 8.17. The van der Waals surface area contributed by atoms with Gasteiger partial charge in [0.15, 0.2) is 5.69 Å². The molecule has 1 aromatic heterocycles. The highest BCUT2D eigenvalue weighted by atomic mass is 19.1. The van der Waals surface area contributed by atoms with E-state index in [1.54, 1.807) is 6.92 Å². The Morgan fingerprint density at radius 1 is 1.09 bits per heavy atom. The predicted molar refractivity (Wildman–Crippen MR) is 127 cm³/mol. The van der Waals surface area contributed by atoms with Crippen LogP contribution in [0.15, 0.2) is 47.3 Å². The van der Waals surface area contributed by atoms with Crippen molar-refractivity contribution in [3.63, 3.8) is 0 Å². The lowest BCUT2D eigenvalue weighted by Gasteiger charge is -2.20. The predicted octanol–water partition coefficient (Wildman–Crippen LogP) is 4.16. The molecule has 3 aromatic rings. The number of aliphatic carboxylic acids is 1. The lowest BCUT2D eigenvalue weighted by molar-refractivity contribution is -0.137. The fraction of sp³-hybridized carbons (Fsp3) is 0.240. The number of nitrogens with zero attached hydrogens (tertiary/aromatic N) is 1. The zero-order valence-electron chi connectivity index (χ0n) is 19.3. The van der Waals surface area contributed by atoms with Crippen LogP contribution in [0.2, 0.25) is 0 Å². The molecule has 0 fully saturated rings. The third-order valence-corrected chi connectivity index (χ3v) is 5.72. The average Bonchev–Trinajstić information content (AvgIpc) is 2.75. The van der Waals surface area contributed by atoms with Gasteiger partial charge in [0.25, 0.3) is 5.56 Å². The van der Waals surface area contributed by atoms with Gasteiger partial charge in [0.2, 0.25) is 0 Å². The maximum Gasteiger partial charge on any atom is 0.319 e. The molecule has 0 bridgehead atoms. The molecule has 2 amide bonds. The summed E-state index contributed by atoms with van der Waals surface area (Å²) in [5.41, 5.74) is 2.57. The van der Waals surface area contributed by atoms with E-state index < -0.39 is 41.6 Å². The Balaban J connectivity index is 1.96. The summed E-state index contributed by atoms with van der Waals surface area (Å²) in [6.45, 7) is 5.32. The Bertz CT molecular complexity index is 1310. The molecule has 0 unspecified atom stereocenters. The number of halogens is 1. The number of hydrogen-bond donors (Lipinski definition) is 4. The van der Waals surface area contributed by atoms with Gasteiger partial charge in [-0.3, -0.25) is 9.59 Å². The fourth-order valence-electron chi connectivity index (χ4n) is 3.85. The molecule has 0 saturated carbocycles. The number of carbonyl (C=O) groups is 2. The fourth-order valence-corrected chi connectivity index (χ4v) is 3.85. The third kappa shape index (κ3) is 5.09. The van der Waals surface area contributed by atoms with Crippen LogP contribution < -0.4 is 16.2 Å². The van der Waals surface area contributed by atoms with E-state index >= 15 is 0 Å². The lowest BCUT2D eigenvalue weighted by atomic mass is 9.92. The van der Waals surface area contributed by atoms with E-state index in [1.165, 1.54) is 35.9 Å². The number of urea groups is 1. The van der Waals surface area contributed by atoms with Crippen molar-refractivity contribution in [3.8, 4) is 16.9 Å². The Morgan fingerprint density at radius 3 is 2.35 bits per heavy atom. The van der Waals surface area contributed by atoms with Crippen LogP contribution in [-0.2, 0) is 11.8 Å². The maximum absolute atomic E-state index is 14.8. The first-order chi connectivity index (χ1) is 16.0. The number of pyridine rings is 1. The van der Waals surface area contributed by atoms with Crippen LogP contribution in [0.5, 0.6) is 5.75 Å². The van der Waals surface area contributed by atoms with E-state index in [2.05, 4.69) is 10.6 Å². The van der Waals surface area contributed by atoms with Crippen molar-refractivity contribution in [2.75, 3.05) is 5.32 Å². The number of rotatable bonds is 6. The molecule has 0 saturated heterocycles. The van der Waals surface area contributed by atoms with E-state index in [-0.39, 0.29) is 11.3 Å². The number of aromatic hydroxyl groups is 1. The largest absolute Gasteiger partial charge is 0.505 e. The van der Waals surface area contributed by atoms with Crippen LogP contribution in [-0.4, -0.2) is 26.8 Å². The topological polar surface area (TPSA) is 121 Å². The number of hydrogen-bond acceptors (Lipinski definition) is 4. The van der Waals surface area contributed by atoms with Gasteiger partial charge in [-0.1, -0.05) is 24.3 Å². The molecular weight excluding hydrogens is 441 g/mol. The van der Waals surface area contributed by atoms with Gasteiger partial charge in [-0.2, -0.15) is 0 Å². The normalized spacial score (nSPS) is 11.7. The first-order valence-electron chi connectivity index (χ1n) is 10.5. The van der Waals surface area contributed by atoms with Crippen LogP contribution >= 0.6 is 0 Å². The molecule has 4 N–H and O–H groups in total. The summed E-state index contributed by atoms with van der Waals surface area (Å²) in [5, 5.41) is 24.3. The van der Waals surface area contributed by atoms with Crippen molar-refractivity contribution in [3.05, 3.63) is 81.0 Å². The molecule has 34 heavy (non-hydrogen) atoms. The highest BCUT2D eigenvalue weighted by molar-refractivity contribution is 5.91. The standard InChI is InChI=1S/C25H26FN3O5/c1-13-6-5-7-14(2)22(13)17-11-16(8-9-18(17)26)19(12-21(31)32)27-25(34)28-23-20(30)10-15(3)29(4)24(23)33/h5-11,19,30H,12H2,1-4H3,(H,31,32)(H2,27,28,34)/t19-/m0/s1. The third-order valence-electron chi connectivity index (χ3n) is 5.72.